The predicted octanol–water partition coefficient (Wildman–Crippen LogP) is 4.69. The van der Waals surface area contributed by atoms with Crippen LogP contribution >= 0.6 is 27.7 Å². The van der Waals surface area contributed by atoms with Crippen LogP contribution in [0.1, 0.15) is 23.6 Å². The minimum absolute atomic E-state index is 0.164. The lowest BCUT2D eigenvalue weighted by atomic mass is 10.1. The SMILES string of the molecule is CCOc1cc(/C=C2\SC(=O)N(CC(=O)Nc3cc(C)cc(C)c3)C2=O)cc(Br)c1OCC(=O)OC. The van der Waals surface area contributed by atoms with Gasteiger partial charge >= 0.3 is 5.97 Å². The van der Waals surface area contributed by atoms with E-state index in [1.807, 2.05) is 32.0 Å². The second kappa shape index (κ2) is 12.1. The highest BCUT2D eigenvalue weighted by molar-refractivity contribution is 9.10. The molecule has 9 nitrogen and oxygen atoms in total. The minimum Gasteiger partial charge on any atom is -0.490 e. The Kier molecular flexibility index (Phi) is 9.16. The van der Waals surface area contributed by atoms with Crippen molar-refractivity contribution in [3.63, 3.8) is 0 Å². The molecule has 0 bridgehead atoms. The number of thioether (sulfide) groups is 1. The molecule has 1 aliphatic rings. The Labute approximate surface area is 221 Å². The highest BCUT2D eigenvalue weighted by Gasteiger charge is 2.36. The maximum Gasteiger partial charge on any atom is 0.343 e. The van der Waals surface area contributed by atoms with Crippen LogP contribution in [0.15, 0.2) is 39.7 Å². The van der Waals surface area contributed by atoms with Gasteiger partial charge in [-0.2, -0.15) is 0 Å². The summed E-state index contributed by atoms with van der Waals surface area (Å²) in [4.78, 5) is 50.4. The average Bonchev–Trinajstić information content (AvgIpc) is 3.05. The Morgan fingerprint density at radius 2 is 1.78 bits per heavy atom. The lowest BCUT2D eigenvalue weighted by Gasteiger charge is -2.14. The first-order valence-corrected chi connectivity index (χ1v) is 12.5. The molecule has 3 rings (SSSR count). The fraction of sp³-hybridized carbons (Fsp3) is 0.280. The van der Waals surface area contributed by atoms with E-state index < -0.39 is 29.6 Å². The van der Waals surface area contributed by atoms with E-state index in [4.69, 9.17) is 9.47 Å². The van der Waals surface area contributed by atoms with E-state index in [1.54, 1.807) is 19.1 Å². The minimum atomic E-state index is -0.569. The number of carbonyl (C=O) groups excluding carboxylic acids is 4. The van der Waals surface area contributed by atoms with E-state index in [1.165, 1.54) is 13.2 Å². The van der Waals surface area contributed by atoms with Crippen LogP contribution in [-0.4, -0.2) is 54.8 Å². The summed E-state index contributed by atoms with van der Waals surface area (Å²) in [6, 6.07) is 8.89. The van der Waals surface area contributed by atoms with E-state index in [2.05, 4.69) is 26.0 Å². The smallest absolute Gasteiger partial charge is 0.343 e. The van der Waals surface area contributed by atoms with Crippen LogP contribution in [0.25, 0.3) is 6.08 Å². The van der Waals surface area contributed by atoms with Gasteiger partial charge in [-0.1, -0.05) is 6.07 Å². The number of methoxy groups -OCH3 is 1. The van der Waals surface area contributed by atoms with Crippen molar-refractivity contribution in [1.82, 2.24) is 4.90 Å². The second-order valence-electron chi connectivity index (χ2n) is 7.82. The van der Waals surface area contributed by atoms with Crippen molar-refractivity contribution in [3.8, 4) is 11.5 Å². The first kappa shape index (κ1) is 27.3. The van der Waals surface area contributed by atoms with Gasteiger partial charge in [0.25, 0.3) is 11.1 Å². The number of amides is 3. The summed E-state index contributed by atoms with van der Waals surface area (Å²) >= 11 is 4.14. The number of hydrogen-bond donors (Lipinski definition) is 1. The Hall–Kier alpha value is -3.31. The Bertz CT molecular complexity index is 1220. The molecule has 2 aromatic rings. The van der Waals surface area contributed by atoms with Gasteiger partial charge in [0.2, 0.25) is 5.91 Å². The number of aryl methyl sites for hydroxylation is 2. The first-order chi connectivity index (χ1) is 17.1. The highest BCUT2D eigenvalue weighted by atomic mass is 79.9. The maximum atomic E-state index is 12.9. The number of nitrogens with zero attached hydrogens (tertiary/aromatic N) is 1. The van der Waals surface area contributed by atoms with Crippen LogP contribution in [0.2, 0.25) is 0 Å². The van der Waals surface area contributed by atoms with Crippen molar-refractivity contribution >= 4 is 62.5 Å². The summed E-state index contributed by atoms with van der Waals surface area (Å²) in [6.07, 6.45) is 1.53. The summed E-state index contributed by atoms with van der Waals surface area (Å²) < 4.78 is 16.2. The lowest BCUT2D eigenvalue weighted by molar-refractivity contribution is -0.143. The van der Waals surface area contributed by atoms with E-state index in [9.17, 15) is 19.2 Å². The molecule has 36 heavy (non-hydrogen) atoms. The van der Waals surface area contributed by atoms with Crippen LogP contribution in [0, 0.1) is 13.8 Å². The van der Waals surface area contributed by atoms with E-state index in [0.29, 0.717) is 33.8 Å². The van der Waals surface area contributed by atoms with Crippen LogP contribution in [-0.2, 0) is 19.1 Å². The Morgan fingerprint density at radius 3 is 2.42 bits per heavy atom. The van der Waals surface area contributed by atoms with Crippen molar-refractivity contribution < 1.29 is 33.4 Å². The van der Waals surface area contributed by atoms with Gasteiger partial charge in [-0.3, -0.25) is 19.3 Å². The number of halogens is 1. The Morgan fingerprint density at radius 1 is 1.08 bits per heavy atom. The number of carbonyl (C=O) groups is 4. The fourth-order valence-corrected chi connectivity index (χ4v) is 4.86. The van der Waals surface area contributed by atoms with Gasteiger partial charge in [-0.15, -0.1) is 0 Å². The van der Waals surface area contributed by atoms with Crippen molar-refractivity contribution in [3.05, 3.63) is 56.4 Å². The molecule has 1 saturated heterocycles. The number of anilines is 1. The summed E-state index contributed by atoms with van der Waals surface area (Å²) in [7, 11) is 1.26. The third kappa shape index (κ3) is 6.88. The topological polar surface area (TPSA) is 111 Å². The molecule has 0 aromatic heterocycles. The normalized spacial score (nSPS) is 14.2. The predicted molar refractivity (Wildman–Crippen MR) is 140 cm³/mol. The summed E-state index contributed by atoms with van der Waals surface area (Å²) in [6.45, 7) is 5.24. The maximum absolute atomic E-state index is 12.9. The van der Waals surface area contributed by atoms with Gasteiger partial charge in [0.1, 0.15) is 6.54 Å². The molecular weight excluding hydrogens is 552 g/mol. The van der Waals surface area contributed by atoms with Crippen LogP contribution < -0.4 is 14.8 Å². The molecule has 0 unspecified atom stereocenters. The molecule has 11 heteroatoms. The van der Waals surface area contributed by atoms with E-state index in [0.717, 1.165) is 27.8 Å². The van der Waals surface area contributed by atoms with Gasteiger partial charge in [-0.25, -0.2) is 4.79 Å². The molecule has 1 heterocycles. The van der Waals surface area contributed by atoms with Crippen LogP contribution in [0.5, 0.6) is 11.5 Å². The molecular formula is C25H25BrN2O7S. The molecule has 0 saturated carbocycles. The van der Waals surface area contributed by atoms with Gasteiger partial charge in [-0.05, 0) is 95.5 Å². The molecule has 3 amide bonds. The second-order valence-corrected chi connectivity index (χ2v) is 9.67. The van der Waals surface area contributed by atoms with Gasteiger partial charge in [0.15, 0.2) is 18.1 Å². The fourth-order valence-electron chi connectivity index (χ4n) is 3.44. The number of ether oxygens (including phenoxy) is 3. The quantitative estimate of drug-likeness (QED) is 0.338. The summed E-state index contributed by atoms with van der Waals surface area (Å²) in [5.41, 5.74) is 3.13. The van der Waals surface area contributed by atoms with Crippen molar-refractivity contribution in [2.45, 2.75) is 20.8 Å². The monoisotopic (exact) mass is 576 g/mol. The number of hydrogen-bond acceptors (Lipinski definition) is 8. The molecule has 0 radical (unpaired) electrons. The van der Waals surface area contributed by atoms with Crippen molar-refractivity contribution in [1.29, 1.82) is 0 Å². The standard InChI is InChI=1S/C25H25BrN2O7S/c1-5-34-19-10-16(9-18(26)23(19)35-13-22(30)33-4)11-20-24(31)28(25(32)36-20)12-21(29)27-17-7-14(2)6-15(3)8-17/h6-11H,5,12-13H2,1-4H3,(H,27,29)/b20-11-. The van der Waals surface area contributed by atoms with Crippen molar-refractivity contribution in [2.75, 3.05) is 32.2 Å². The third-order valence-electron chi connectivity index (χ3n) is 4.87. The summed E-state index contributed by atoms with van der Waals surface area (Å²) in [5.74, 6) is -0.953. The van der Waals surface area contributed by atoms with Crippen LogP contribution in [0.3, 0.4) is 0 Å². The highest BCUT2D eigenvalue weighted by Crippen LogP contribution is 2.39. The molecule has 1 fully saturated rings. The zero-order valence-electron chi connectivity index (χ0n) is 20.2. The van der Waals surface area contributed by atoms with Gasteiger partial charge in [0, 0.05) is 5.69 Å². The van der Waals surface area contributed by atoms with Crippen molar-refractivity contribution in [2.24, 2.45) is 0 Å². The first-order valence-electron chi connectivity index (χ1n) is 10.9. The molecule has 0 aliphatic carbocycles. The lowest BCUT2D eigenvalue weighted by Crippen LogP contribution is -2.36. The molecule has 190 valence electrons. The van der Waals surface area contributed by atoms with E-state index in [-0.39, 0.29) is 11.5 Å². The third-order valence-corrected chi connectivity index (χ3v) is 6.37. The number of benzene rings is 2. The van der Waals surface area contributed by atoms with E-state index >= 15 is 0 Å². The molecule has 0 atom stereocenters. The molecule has 1 aliphatic heterocycles. The number of imide groups is 1. The average molecular weight is 577 g/mol. The molecule has 2 aromatic carbocycles. The zero-order valence-corrected chi connectivity index (χ0v) is 22.6. The zero-order chi connectivity index (χ0) is 26.4. The van der Waals surface area contributed by atoms with Gasteiger partial charge in [0.05, 0.1) is 23.1 Å². The summed E-state index contributed by atoms with van der Waals surface area (Å²) in [5, 5.41) is 2.19. The number of esters is 1. The largest absolute Gasteiger partial charge is 0.490 e. The number of nitrogens with one attached hydrogen (secondary N) is 1. The molecule has 0 spiro atoms. The van der Waals surface area contributed by atoms with Gasteiger partial charge < -0.3 is 19.5 Å². The van der Waals surface area contributed by atoms with Crippen LogP contribution in [0.4, 0.5) is 10.5 Å². The molecule has 1 N–H and O–H groups in total. The Balaban J connectivity index is 1.76. The number of rotatable bonds is 9.